The molecule has 5 atom stereocenters. The molecule has 5 unspecified atom stereocenters. The van der Waals surface area contributed by atoms with E-state index in [-0.39, 0.29) is 41.4 Å². The molecule has 192 valence electrons. The minimum absolute atomic E-state index is 0.0393. The van der Waals surface area contributed by atoms with Gasteiger partial charge in [-0.3, -0.25) is 14.5 Å². The SMILES string of the molecule is CCC1(OC(=O)C2C(OCCOCCN3CCOCC3)C3CC2C2(CCOC2=O)C3)CCCC1. The van der Waals surface area contributed by atoms with Crippen LogP contribution in [0.25, 0.3) is 0 Å². The largest absolute Gasteiger partial charge is 0.465 e. The number of carbonyl (C=O) groups is 2. The lowest BCUT2D eigenvalue weighted by molar-refractivity contribution is -0.179. The Kier molecular flexibility index (Phi) is 7.49. The van der Waals surface area contributed by atoms with Gasteiger partial charge >= 0.3 is 11.9 Å². The third-order valence-electron chi connectivity index (χ3n) is 9.27. The smallest absolute Gasteiger partial charge is 0.312 e. The second-order valence-corrected chi connectivity index (χ2v) is 10.9. The Morgan fingerprint density at radius 3 is 2.59 bits per heavy atom. The Hall–Kier alpha value is -1.22. The second-order valence-electron chi connectivity index (χ2n) is 10.9. The van der Waals surface area contributed by atoms with Crippen molar-refractivity contribution in [3.63, 3.8) is 0 Å². The molecule has 0 aromatic carbocycles. The lowest BCUT2D eigenvalue weighted by Gasteiger charge is -2.40. The van der Waals surface area contributed by atoms with Gasteiger partial charge in [0.1, 0.15) is 5.60 Å². The molecule has 0 aromatic heterocycles. The van der Waals surface area contributed by atoms with Gasteiger partial charge in [-0.1, -0.05) is 6.92 Å². The first kappa shape index (κ1) is 24.5. The van der Waals surface area contributed by atoms with E-state index in [1.165, 1.54) is 0 Å². The van der Waals surface area contributed by atoms with Crippen LogP contribution in [0.5, 0.6) is 0 Å². The molecule has 5 rings (SSSR count). The first-order valence-corrected chi connectivity index (χ1v) is 13.5. The number of rotatable bonds is 10. The van der Waals surface area contributed by atoms with Crippen molar-refractivity contribution in [2.24, 2.45) is 23.2 Å². The van der Waals surface area contributed by atoms with Crippen LogP contribution < -0.4 is 0 Å². The molecule has 8 nitrogen and oxygen atoms in total. The van der Waals surface area contributed by atoms with E-state index >= 15 is 0 Å². The Labute approximate surface area is 202 Å². The fourth-order valence-corrected chi connectivity index (χ4v) is 7.34. The van der Waals surface area contributed by atoms with E-state index < -0.39 is 5.41 Å². The first-order chi connectivity index (χ1) is 16.6. The van der Waals surface area contributed by atoms with Gasteiger partial charge in [-0.15, -0.1) is 0 Å². The molecule has 5 aliphatic rings. The molecule has 0 aromatic rings. The maximum Gasteiger partial charge on any atom is 0.312 e. The summed E-state index contributed by atoms with van der Waals surface area (Å²) in [7, 11) is 0. The van der Waals surface area contributed by atoms with E-state index in [4.69, 9.17) is 23.7 Å². The zero-order chi connectivity index (χ0) is 23.6. The van der Waals surface area contributed by atoms with Gasteiger partial charge in [0.15, 0.2) is 0 Å². The predicted octanol–water partition coefficient (Wildman–Crippen LogP) is 2.58. The Balaban J connectivity index is 1.18. The highest BCUT2D eigenvalue weighted by atomic mass is 16.6. The zero-order valence-electron chi connectivity index (χ0n) is 20.6. The van der Waals surface area contributed by atoms with Crippen LogP contribution in [-0.2, 0) is 33.3 Å². The standard InChI is InChI=1S/C26H41NO7/c1-2-25(5-3-4-6-25)34-23(28)21-20-17-19(18-26(20)7-11-33-24(26)29)22(21)32-16-15-31-14-10-27-8-12-30-13-9-27/h19-22H,2-18H2,1H3. The minimum Gasteiger partial charge on any atom is -0.465 e. The van der Waals surface area contributed by atoms with Crippen molar-refractivity contribution in [3.05, 3.63) is 0 Å². The fourth-order valence-electron chi connectivity index (χ4n) is 7.34. The molecule has 2 bridgehead atoms. The summed E-state index contributed by atoms with van der Waals surface area (Å²) in [6, 6.07) is 0. The van der Waals surface area contributed by atoms with Crippen molar-refractivity contribution < 1.29 is 33.3 Å². The van der Waals surface area contributed by atoms with Crippen LogP contribution in [0, 0.1) is 23.2 Å². The molecule has 34 heavy (non-hydrogen) atoms. The maximum absolute atomic E-state index is 13.6. The quantitative estimate of drug-likeness (QED) is 0.349. The predicted molar refractivity (Wildman–Crippen MR) is 123 cm³/mol. The van der Waals surface area contributed by atoms with E-state index in [0.717, 1.165) is 77.8 Å². The molecular weight excluding hydrogens is 438 g/mol. The van der Waals surface area contributed by atoms with E-state index in [2.05, 4.69) is 11.8 Å². The van der Waals surface area contributed by atoms with Gasteiger partial charge in [-0.2, -0.15) is 0 Å². The number of fused-ring (bicyclic) bond motifs is 3. The van der Waals surface area contributed by atoms with Gasteiger partial charge < -0.3 is 23.7 Å². The zero-order valence-corrected chi connectivity index (χ0v) is 20.6. The fraction of sp³-hybridized carbons (Fsp3) is 0.923. The number of ether oxygens (including phenoxy) is 5. The summed E-state index contributed by atoms with van der Waals surface area (Å²) < 4.78 is 29.2. The van der Waals surface area contributed by atoms with E-state index in [1.807, 2.05) is 0 Å². The van der Waals surface area contributed by atoms with E-state index in [9.17, 15) is 9.59 Å². The first-order valence-electron chi connectivity index (χ1n) is 13.5. The number of morpholine rings is 1. The molecule has 0 N–H and O–H groups in total. The lowest BCUT2D eigenvalue weighted by Crippen LogP contribution is -2.49. The van der Waals surface area contributed by atoms with Crippen LogP contribution in [0.2, 0.25) is 0 Å². The maximum atomic E-state index is 13.6. The van der Waals surface area contributed by atoms with Crippen LogP contribution in [-0.4, -0.2) is 87.8 Å². The summed E-state index contributed by atoms with van der Waals surface area (Å²) in [4.78, 5) is 28.7. The number of nitrogens with zero attached hydrogens (tertiary/aromatic N) is 1. The van der Waals surface area contributed by atoms with Crippen LogP contribution in [0.1, 0.15) is 58.3 Å². The third kappa shape index (κ3) is 4.63. The van der Waals surface area contributed by atoms with Crippen molar-refractivity contribution in [1.29, 1.82) is 0 Å². The van der Waals surface area contributed by atoms with Crippen molar-refractivity contribution in [2.45, 2.75) is 70.0 Å². The van der Waals surface area contributed by atoms with Gasteiger partial charge in [-0.25, -0.2) is 0 Å². The average molecular weight is 480 g/mol. The molecule has 0 radical (unpaired) electrons. The molecular formula is C26H41NO7. The summed E-state index contributed by atoms with van der Waals surface area (Å²) in [6.07, 6.45) is 7.05. The highest BCUT2D eigenvalue weighted by Crippen LogP contribution is 2.63. The van der Waals surface area contributed by atoms with Gasteiger partial charge in [0, 0.05) is 19.6 Å². The van der Waals surface area contributed by atoms with Gasteiger partial charge in [0.2, 0.25) is 0 Å². The number of cyclic esters (lactones) is 1. The van der Waals surface area contributed by atoms with Crippen LogP contribution >= 0.6 is 0 Å². The lowest BCUT2D eigenvalue weighted by atomic mass is 9.66. The normalized spacial score (nSPS) is 36.9. The number of esters is 2. The second kappa shape index (κ2) is 10.4. The third-order valence-corrected chi connectivity index (χ3v) is 9.27. The van der Waals surface area contributed by atoms with Crippen molar-refractivity contribution in [3.8, 4) is 0 Å². The van der Waals surface area contributed by atoms with Gasteiger partial charge in [0.05, 0.1) is 57.1 Å². The van der Waals surface area contributed by atoms with Crippen LogP contribution in [0.4, 0.5) is 0 Å². The molecule has 8 heteroatoms. The molecule has 3 saturated carbocycles. The topological polar surface area (TPSA) is 83.5 Å². The van der Waals surface area contributed by atoms with Crippen LogP contribution in [0.3, 0.4) is 0 Å². The molecule has 3 aliphatic carbocycles. The molecule has 1 spiro atoms. The number of hydrogen-bond donors (Lipinski definition) is 0. The summed E-state index contributed by atoms with van der Waals surface area (Å²) in [5.74, 6) is -0.506. The molecule has 2 saturated heterocycles. The highest BCUT2D eigenvalue weighted by molar-refractivity contribution is 5.83. The summed E-state index contributed by atoms with van der Waals surface area (Å²) in [5, 5.41) is 0. The summed E-state index contributed by atoms with van der Waals surface area (Å²) in [5.41, 5.74) is -0.854. The van der Waals surface area contributed by atoms with Crippen molar-refractivity contribution in [1.82, 2.24) is 4.90 Å². The Morgan fingerprint density at radius 1 is 1.09 bits per heavy atom. The van der Waals surface area contributed by atoms with Gasteiger partial charge in [-0.05, 0) is 63.2 Å². The number of hydrogen-bond acceptors (Lipinski definition) is 8. The van der Waals surface area contributed by atoms with Gasteiger partial charge in [0.25, 0.3) is 0 Å². The monoisotopic (exact) mass is 479 g/mol. The molecule has 2 heterocycles. The Bertz CT molecular complexity index is 733. The molecule has 0 amide bonds. The molecule has 5 fully saturated rings. The van der Waals surface area contributed by atoms with Crippen LogP contribution in [0.15, 0.2) is 0 Å². The Morgan fingerprint density at radius 2 is 1.88 bits per heavy atom. The van der Waals surface area contributed by atoms with Crippen molar-refractivity contribution in [2.75, 3.05) is 59.3 Å². The van der Waals surface area contributed by atoms with E-state index in [0.29, 0.717) is 32.8 Å². The minimum atomic E-state index is -0.516. The van der Waals surface area contributed by atoms with E-state index in [1.54, 1.807) is 0 Å². The summed E-state index contributed by atoms with van der Waals surface area (Å²) >= 11 is 0. The summed E-state index contributed by atoms with van der Waals surface area (Å²) in [6.45, 7) is 8.59. The average Bonchev–Trinajstić information content (AvgIpc) is 3.62. The molecule has 2 aliphatic heterocycles. The highest BCUT2D eigenvalue weighted by Gasteiger charge is 2.68. The van der Waals surface area contributed by atoms with Crippen molar-refractivity contribution >= 4 is 11.9 Å². The number of carbonyl (C=O) groups excluding carboxylic acids is 2.